The number of imidazole rings is 1. The van der Waals surface area contributed by atoms with Gasteiger partial charge in [-0.2, -0.15) is 0 Å². The average molecular weight is 305 g/mol. The van der Waals surface area contributed by atoms with E-state index in [2.05, 4.69) is 4.98 Å². The van der Waals surface area contributed by atoms with E-state index in [1.54, 1.807) is 10.6 Å². The molecule has 1 fully saturated rings. The Labute approximate surface area is 128 Å². The van der Waals surface area contributed by atoms with Crippen molar-refractivity contribution >= 4 is 16.9 Å². The van der Waals surface area contributed by atoms with E-state index in [0.29, 0.717) is 16.9 Å². The van der Waals surface area contributed by atoms with Crippen LogP contribution >= 0.6 is 0 Å². The molecule has 1 N–H and O–H groups in total. The third-order valence-corrected chi connectivity index (χ3v) is 4.18. The highest BCUT2D eigenvalue weighted by Gasteiger charge is 2.19. The summed E-state index contributed by atoms with van der Waals surface area (Å²) in [5, 5.41) is 9.46. The molecule has 6 heteroatoms. The van der Waals surface area contributed by atoms with Crippen LogP contribution in [-0.4, -0.2) is 38.6 Å². The Balaban J connectivity index is 1.87. The monoisotopic (exact) mass is 305 g/mol. The maximum atomic E-state index is 13.3. The van der Waals surface area contributed by atoms with Gasteiger partial charge in [0.1, 0.15) is 24.8 Å². The SMILES string of the molecule is O=C(Cn1c(CO)nc2cc(F)ccc21)N1CCCCCC1. The number of aliphatic hydroxyl groups excluding tert-OH is 1. The molecule has 0 atom stereocenters. The number of carbonyl (C=O) groups is 1. The highest BCUT2D eigenvalue weighted by atomic mass is 19.1. The second-order valence-electron chi connectivity index (χ2n) is 5.70. The smallest absolute Gasteiger partial charge is 0.242 e. The summed E-state index contributed by atoms with van der Waals surface area (Å²) in [6, 6.07) is 4.27. The lowest BCUT2D eigenvalue weighted by atomic mass is 10.2. The Morgan fingerprint density at radius 1 is 1.23 bits per heavy atom. The van der Waals surface area contributed by atoms with Crippen molar-refractivity contribution in [1.82, 2.24) is 14.5 Å². The molecule has 5 nitrogen and oxygen atoms in total. The minimum Gasteiger partial charge on any atom is -0.388 e. The minimum absolute atomic E-state index is 0.0280. The summed E-state index contributed by atoms with van der Waals surface area (Å²) in [6.45, 7) is 1.44. The van der Waals surface area contributed by atoms with Crippen molar-refractivity contribution in [3.8, 4) is 0 Å². The number of carbonyl (C=O) groups excluding carboxylic acids is 1. The minimum atomic E-state index is -0.375. The number of hydrogen-bond acceptors (Lipinski definition) is 3. The zero-order valence-electron chi connectivity index (χ0n) is 12.5. The molecular weight excluding hydrogens is 285 g/mol. The van der Waals surface area contributed by atoms with Crippen molar-refractivity contribution in [2.75, 3.05) is 13.1 Å². The summed E-state index contributed by atoms with van der Waals surface area (Å²) < 4.78 is 15.0. The number of rotatable bonds is 3. The summed E-state index contributed by atoms with van der Waals surface area (Å²) in [6.07, 6.45) is 4.40. The molecule has 0 unspecified atom stereocenters. The molecule has 1 amide bonds. The van der Waals surface area contributed by atoms with Gasteiger partial charge in [0, 0.05) is 19.2 Å². The maximum Gasteiger partial charge on any atom is 0.242 e. The summed E-state index contributed by atoms with van der Waals surface area (Å²) >= 11 is 0. The number of nitrogens with zero attached hydrogens (tertiary/aromatic N) is 3. The van der Waals surface area contributed by atoms with Crippen LogP contribution in [0, 0.1) is 5.82 Å². The first kappa shape index (κ1) is 15.0. The third-order valence-electron chi connectivity index (χ3n) is 4.18. The molecule has 1 aromatic carbocycles. The van der Waals surface area contributed by atoms with E-state index in [4.69, 9.17) is 0 Å². The molecule has 118 valence electrons. The quantitative estimate of drug-likeness (QED) is 0.944. The van der Waals surface area contributed by atoms with Crippen LogP contribution in [0.25, 0.3) is 11.0 Å². The highest BCUT2D eigenvalue weighted by molar-refractivity contribution is 5.81. The van der Waals surface area contributed by atoms with Crippen LogP contribution in [0.15, 0.2) is 18.2 Å². The van der Waals surface area contributed by atoms with Gasteiger partial charge in [0.05, 0.1) is 11.0 Å². The van der Waals surface area contributed by atoms with Crippen molar-refractivity contribution < 1.29 is 14.3 Å². The van der Waals surface area contributed by atoms with Crippen LogP contribution in [0.5, 0.6) is 0 Å². The lowest BCUT2D eigenvalue weighted by molar-refractivity contribution is -0.131. The van der Waals surface area contributed by atoms with Crippen LogP contribution in [0.2, 0.25) is 0 Å². The fraction of sp³-hybridized carbons (Fsp3) is 0.500. The van der Waals surface area contributed by atoms with Gasteiger partial charge in [0.15, 0.2) is 0 Å². The fourth-order valence-corrected chi connectivity index (χ4v) is 3.01. The van der Waals surface area contributed by atoms with Gasteiger partial charge in [-0.15, -0.1) is 0 Å². The molecule has 22 heavy (non-hydrogen) atoms. The van der Waals surface area contributed by atoms with E-state index in [1.807, 2.05) is 4.90 Å². The number of benzene rings is 1. The van der Waals surface area contributed by atoms with Crippen molar-refractivity contribution in [3.05, 3.63) is 29.8 Å². The largest absolute Gasteiger partial charge is 0.388 e. The van der Waals surface area contributed by atoms with Gasteiger partial charge < -0.3 is 14.6 Å². The molecule has 1 aromatic heterocycles. The van der Waals surface area contributed by atoms with Crippen LogP contribution in [0.4, 0.5) is 4.39 Å². The number of amides is 1. The third kappa shape index (κ3) is 2.97. The second kappa shape index (κ2) is 6.44. The van der Waals surface area contributed by atoms with Crippen molar-refractivity contribution in [2.45, 2.75) is 38.8 Å². The van der Waals surface area contributed by atoms with E-state index in [-0.39, 0.29) is 24.9 Å². The van der Waals surface area contributed by atoms with Crippen molar-refractivity contribution in [2.24, 2.45) is 0 Å². The van der Waals surface area contributed by atoms with Crippen LogP contribution in [-0.2, 0) is 17.9 Å². The van der Waals surface area contributed by atoms with E-state index in [1.165, 1.54) is 25.0 Å². The molecule has 3 rings (SSSR count). The van der Waals surface area contributed by atoms with Crippen molar-refractivity contribution in [1.29, 1.82) is 0 Å². The summed E-state index contributed by atoms with van der Waals surface area (Å²) in [7, 11) is 0. The zero-order chi connectivity index (χ0) is 15.5. The summed E-state index contributed by atoms with van der Waals surface area (Å²) in [5.41, 5.74) is 1.14. The number of aliphatic hydroxyl groups is 1. The molecule has 0 bridgehead atoms. The van der Waals surface area contributed by atoms with Crippen LogP contribution in [0.3, 0.4) is 0 Å². The van der Waals surface area contributed by atoms with Crippen molar-refractivity contribution in [3.63, 3.8) is 0 Å². The van der Waals surface area contributed by atoms with Gasteiger partial charge in [0.25, 0.3) is 0 Å². The Bertz CT molecular complexity index is 675. The molecule has 1 saturated heterocycles. The predicted molar refractivity (Wildman–Crippen MR) is 80.7 cm³/mol. The molecule has 0 radical (unpaired) electrons. The lowest BCUT2D eigenvalue weighted by Crippen LogP contribution is -2.34. The topological polar surface area (TPSA) is 58.4 Å². The van der Waals surface area contributed by atoms with Gasteiger partial charge >= 0.3 is 0 Å². The molecule has 0 saturated carbocycles. The lowest BCUT2D eigenvalue weighted by Gasteiger charge is -2.21. The van der Waals surface area contributed by atoms with Gasteiger partial charge in [-0.3, -0.25) is 4.79 Å². The number of halogens is 1. The Morgan fingerprint density at radius 3 is 2.64 bits per heavy atom. The molecule has 1 aliphatic heterocycles. The molecule has 2 aromatic rings. The molecule has 1 aliphatic rings. The first-order valence-corrected chi connectivity index (χ1v) is 7.72. The standard InChI is InChI=1S/C16H20FN3O2/c17-12-5-6-14-13(9-12)18-15(11-21)20(14)10-16(22)19-7-3-1-2-4-8-19/h5-6,9,21H,1-4,7-8,10-11H2. The Hall–Kier alpha value is -1.95. The second-order valence-corrected chi connectivity index (χ2v) is 5.70. The van der Waals surface area contributed by atoms with Gasteiger partial charge in [-0.05, 0) is 25.0 Å². The Morgan fingerprint density at radius 2 is 1.95 bits per heavy atom. The van der Waals surface area contributed by atoms with E-state index < -0.39 is 0 Å². The van der Waals surface area contributed by atoms with Crippen LogP contribution < -0.4 is 0 Å². The number of hydrogen-bond donors (Lipinski definition) is 1. The zero-order valence-corrected chi connectivity index (χ0v) is 12.5. The molecular formula is C16H20FN3O2. The molecule has 0 spiro atoms. The normalized spacial score (nSPS) is 16.0. The number of likely N-dealkylation sites (tertiary alicyclic amines) is 1. The van der Waals surface area contributed by atoms with Gasteiger partial charge in [-0.25, -0.2) is 9.37 Å². The highest BCUT2D eigenvalue weighted by Crippen LogP contribution is 2.19. The molecule has 0 aliphatic carbocycles. The molecule has 2 heterocycles. The fourth-order valence-electron chi connectivity index (χ4n) is 3.01. The summed E-state index contributed by atoms with van der Waals surface area (Å²) in [5.74, 6) is 0.0458. The number of fused-ring (bicyclic) bond motifs is 1. The van der Waals surface area contributed by atoms with Crippen LogP contribution in [0.1, 0.15) is 31.5 Å². The first-order valence-electron chi connectivity index (χ1n) is 7.72. The van der Waals surface area contributed by atoms with Gasteiger partial charge in [0.2, 0.25) is 5.91 Å². The first-order chi connectivity index (χ1) is 10.7. The predicted octanol–water partition coefficient (Wildman–Crippen LogP) is 2.07. The average Bonchev–Trinajstić information content (AvgIpc) is 2.69. The van der Waals surface area contributed by atoms with Gasteiger partial charge in [-0.1, -0.05) is 12.8 Å². The number of aromatic nitrogens is 2. The van der Waals surface area contributed by atoms with E-state index in [0.717, 1.165) is 25.9 Å². The summed E-state index contributed by atoms with van der Waals surface area (Å²) in [4.78, 5) is 18.6. The van der Waals surface area contributed by atoms with E-state index in [9.17, 15) is 14.3 Å². The Kier molecular flexibility index (Phi) is 4.38. The maximum absolute atomic E-state index is 13.3. The van der Waals surface area contributed by atoms with E-state index >= 15 is 0 Å².